The van der Waals surface area contributed by atoms with Crippen LogP contribution in [0, 0.1) is 6.92 Å². The number of guanidine groups is 1. The van der Waals surface area contributed by atoms with Gasteiger partial charge in [0.1, 0.15) is 0 Å². The molecule has 0 aliphatic carbocycles. The molecule has 5 nitrogen and oxygen atoms in total. The van der Waals surface area contributed by atoms with Crippen LogP contribution in [-0.4, -0.2) is 32.1 Å². The smallest absolute Gasteiger partial charge is 0.307 e. The molecular formula is C13H22IN3O2S. The predicted molar refractivity (Wildman–Crippen MR) is 93.9 cm³/mol. The fourth-order valence-electron chi connectivity index (χ4n) is 1.44. The van der Waals surface area contributed by atoms with E-state index in [-0.39, 0.29) is 29.9 Å². The van der Waals surface area contributed by atoms with Gasteiger partial charge in [-0.2, -0.15) is 0 Å². The second-order valence-corrected chi connectivity index (χ2v) is 4.98. The maximum Gasteiger partial charge on any atom is 0.307 e. The number of thiophene rings is 1. The first-order chi connectivity index (χ1) is 9.17. The van der Waals surface area contributed by atoms with E-state index in [1.54, 1.807) is 11.3 Å². The van der Waals surface area contributed by atoms with Gasteiger partial charge in [-0.1, -0.05) is 0 Å². The van der Waals surface area contributed by atoms with Crippen LogP contribution >= 0.6 is 35.3 Å². The zero-order valence-electron chi connectivity index (χ0n) is 12.1. The van der Waals surface area contributed by atoms with E-state index in [9.17, 15) is 4.79 Å². The molecule has 20 heavy (non-hydrogen) atoms. The quantitative estimate of drug-likeness (QED) is 0.327. The first-order valence-electron chi connectivity index (χ1n) is 6.29. The molecule has 0 aromatic carbocycles. The molecular weight excluding hydrogens is 389 g/mol. The molecule has 0 aliphatic rings. The van der Waals surface area contributed by atoms with Crippen LogP contribution in [0.15, 0.2) is 16.4 Å². The number of rotatable bonds is 6. The van der Waals surface area contributed by atoms with Crippen LogP contribution in [0.3, 0.4) is 0 Å². The molecule has 1 aromatic heterocycles. The first-order valence-corrected chi connectivity index (χ1v) is 7.17. The molecule has 1 rings (SSSR count). The average molecular weight is 411 g/mol. The van der Waals surface area contributed by atoms with Crippen LogP contribution in [0.5, 0.6) is 0 Å². The van der Waals surface area contributed by atoms with Crippen LogP contribution in [0.2, 0.25) is 0 Å². The monoisotopic (exact) mass is 411 g/mol. The number of hydrogen-bond acceptors (Lipinski definition) is 4. The molecule has 114 valence electrons. The van der Waals surface area contributed by atoms with Crippen LogP contribution in [0.25, 0.3) is 0 Å². The third-order valence-electron chi connectivity index (χ3n) is 2.54. The summed E-state index contributed by atoms with van der Waals surface area (Å²) in [5, 5.41) is 8.33. The molecule has 1 aromatic rings. The second-order valence-electron chi connectivity index (χ2n) is 3.97. The van der Waals surface area contributed by atoms with Crippen molar-refractivity contribution >= 4 is 47.2 Å². The average Bonchev–Trinajstić information content (AvgIpc) is 2.81. The van der Waals surface area contributed by atoms with Crippen molar-refractivity contribution in [2.75, 3.05) is 20.2 Å². The van der Waals surface area contributed by atoms with Gasteiger partial charge in [0.2, 0.25) is 0 Å². The van der Waals surface area contributed by atoms with Gasteiger partial charge in [-0.05, 0) is 30.9 Å². The topological polar surface area (TPSA) is 62.7 Å². The van der Waals surface area contributed by atoms with Gasteiger partial charge in [0.15, 0.2) is 5.96 Å². The third-order valence-corrected chi connectivity index (χ3v) is 3.55. The minimum absolute atomic E-state index is 0. The Morgan fingerprint density at radius 3 is 2.75 bits per heavy atom. The van der Waals surface area contributed by atoms with Gasteiger partial charge >= 0.3 is 5.97 Å². The predicted octanol–water partition coefficient (Wildman–Crippen LogP) is 2.29. The van der Waals surface area contributed by atoms with Gasteiger partial charge in [0.05, 0.1) is 20.1 Å². The van der Waals surface area contributed by atoms with Crippen LogP contribution in [0.1, 0.15) is 23.8 Å². The summed E-state index contributed by atoms with van der Waals surface area (Å²) in [6.07, 6.45) is 0.332. The number of hydrogen-bond donors (Lipinski definition) is 2. The second kappa shape index (κ2) is 10.9. The minimum atomic E-state index is -0.225. The molecule has 0 saturated heterocycles. The zero-order valence-corrected chi connectivity index (χ0v) is 15.2. The summed E-state index contributed by atoms with van der Waals surface area (Å²) >= 11 is 1.71. The number of ether oxygens (including phenoxy) is 1. The fraction of sp³-hybridized carbons (Fsp3) is 0.538. The highest BCUT2D eigenvalue weighted by Gasteiger charge is 2.03. The number of carbonyl (C=O) groups excluding carboxylic acids is 1. The molecule has 0 saturated carbocycles. The number of esters is 1. The lowest BCUT2D eigenvalue weighted by Gasteiger charge is -2.10. The number of aryl methyl sites for hydroxylation is 1. The van der Waals surface area contributed by atoms with Gasteiger partial charge in [-0.25, -0.2) is 4.99 Å². The Labute approximate surface area is 141 Å². The first kappa shape index (κ1) is 19.2. The van der Waals surface area contributed by atoms with E-state index in [0.29, 0.717) is 19.5 Å². The third kappa shape index (κ3) is 7.09. The number of aliphatic imine (C=N–C) groups is 1. The Morgan fingerprint density at radius 2 is 2.20 bits per heavy atom. The summed E-state index contributed by atoms with van der Waals surface area (Å²) in [7, 11) is 1.39. The lowest BCUT2D eigenvalue weighted by atomic mass is 10.3. The molecule has 0 unspecified atom stereocenters. The standard InChI is InChI=1S/C13H21N3O2S.HI/c1-4-14-13(15-7-5-12(17)18-3)16-9-11-10(2)6-8-19-11;/h6,8H,4-5,7,9H2,1-3H3,(H2,14,15,16);1H. The summed E-state index contributed by atoms with van der Waals surface area (Å²) < 4.78 is 4.59. The van der Waals surface area contributed by atoms with Gasteiger partial charge in [0, 0.05) is 18.0 Å². The van der Waals surface area contributed by atoms with Crippen LogP contribution < -0.4 is 10.6 Å². The highest BCUT2D eigenvalue weighted by atomic mass is 127. The van der Waals surface area contributed by atoms with Crippen molar-refractivity contribution in [3.05, 3.63) is 21.9 Å². The zero-order chi connectivity index (χ0) is 14.1. The van der Waals surface area contributed by atoms with Crippen molar-refractivity contribution < 1.29 is 9.53 Å². The van der Waals surface area contributed by atoms with Gasteiger partial charge < -0.3 is 15.4 Å². The van der Waals surface area contributed by atoms with Crippen molar-refractivity contribution in [2.24, 2.45) is 4.99 Å². The van der Waals surface area contributed by atoms with Gasteiger partial charge in [-0.3, -0.25) is 4.79 Å². The summed E-state index contributed by atoms with van der Waals surface area (Å²) in [4.78, 5) is 16.8. The normalized spacial score (nSPS) is 10.7. The highest BCUT2D eigenvalue weighted by Crippen LogP contribution is 2.16. The van der Waals surface area contributed by atoms with Crippen molar-refractivity contribution in [1.82, 2.24) is 10.6 Å². The minimum Gasteiger partial charge on any atom is -0.469 e. The lowest BCUT2D eigenvalue weighted by Crippen LogP contribution is -2.38. The summed E-state index contributed by atoms with van der Waals surface area (Å²) in [5.41, 5.74) is 1.26. The molecule has 0 aliphatic heterocycles. The summed E-state index contributed by atoms with van der Waals surface area (Å²) in [6.45, 7) is 6.04. The summed E-state index contributed by atoms with van der Waals surface area (Å²) in [5.74, 6) is 0.497. The van der Waals surface area contributed by atoms with E-state index in [0.717, 1.165) is 12.5 Å². The van der Waals surface area contributed by atoms with Crippen molar-refractivity contribution in [1.29, 1.82) is 0 Å². The number of methoxy groups -OCH3 is 1. The SMILES string of the molecule is CCNC(=NCc1sccc1C)NCCC(=O)OC.I. The molecule has 1 heterocycles. The van der Waals surface area contributed by atoms with Gasteiger partial charge in [-0.15, -0.1) is 35.3 Å². The Kier molecular flexibility index (Phi) is 10.4. The molecule has 0 amide bonds. The highest BCUT2D eigenvalue weighted by molar-refractivity contribution is 14.0. The maximum absolute atomic E-state index is 11.0. The Balaban J connectivity index is 0.00000361. The fourth-order valence-corrected chi connectivity index (χ4v) is 2.27. The Bertz CT molecular complexity index is 435. The summed E-state index contributed by atoms with van der Waals surface area (Å²) in [6, 6.07) is 2.09. The largest absolute Gasteiger partial charge is 0.469 e. The molecule has 0 atom stereocenters. The maximum atomic E-state index is 11.0. The van der Waals surface area contributed by atoms with E-state index in [1.807, 2.05) is 6.92 Å². The molecule has 0 radical (unpaired) electrons. The van der Waals surface area contributed by atoms with Crippen LogP contribution in [0.4, 0.5) is 0 Å². The van der Waals surface area contributed by atoms with Crippen molar-refractivity contribution in [3.63, 3.8) is 0 Å². The molecule has 0 spiro atoms. The molecule has 7 heteroatoms. The number of nitrogens with zero attached hydrogens (tertiary/aromatic N) is 1. The van der Waals surface area contributed by atoms with E-state index in [2.05, 4.69) is 38.7 Å². The number of carbonyl (C=O) groups is 1. The number of nitrogens with one attached hydrogen (secondary N) is 2. The Morgan fingerprint density at radius 1 is 1.45 bits per heavy atom. The van der Waals surface area contributed by atoms with Crippen molar-refractivity contribution in [3.8, 4) is 0 Å². The molecule has 0 bridgehead atoms. The van der Waals surface area contributed by atoms with Crippen molar-refractivity contribution in [2.45, 2.75) is 26.8 Å². The number of halogens is 1. The lowest BCUT2D eigenvalue weighted by molar-refractivity contribution is -0.140. The van der Waals surface area contributed by atoms with E-state index in [1.165, 1.54) is 17.6 Å². The van der Waals surface area contributed by atoms with Gasteiger partial charge in [0.25, 0.3) is 0 Å². The van der Waals surface area contributed by atoms with E-state index >= 15 is 0 Å². The Hall–Kier alpha value is -0.830. The van der Waals surface area contributed by atoms with Crippen LogP contribution in [-0.2, 0) is 16.1 Å². The molecule has 0 fully saturated rings. The van der Waals surface area contributed by atoms with E-state index < -0.39 is 0 Å². The van der Waals surface area contributed by atoms with E-state index in [4.69, 9.17) is 0 Å². The molecule has 2 N–H and O–H groups in total.